The zero-order valence-corrected chi connectivity index (χ0v) is 18.6. The van der Waals surface area contributed by atoms with Crippen LogP contribution in [0.15, 0.2) is 39.9 Å². The first-order valence-electron chi connectivity index (χ1n) is 9.42. The molecule has 1 amide bonds. The molecule has 2 aromatic rings. The molecule has 0 saturated carbocycles. The topological polar surface area (TPSA) is 119 Å². The molecule has 0 aliphatic carbocycles. The number of amides is 1. The molecule has 1 aromatic heterocycles. The number of thiophene rings is 1. The second-order valence-corrected chi connectivity index (χ2v) is 10.0. The predicted molar refractivity (Wildman–Crippen MR) is 114 cm³/mol. The number of sulfonamides is 1. The maximum absolute atomic E-state index is 12.9. The van der Waals surface area contributed by atoms with Crippen molar-refractivity contribution in [1.82, 2.24) is 4.31 Å². The Hall–Kier alpha value is -2.76. The molecule has 1 aliphatic rings. The van der Waals surface area contributed by atoms with Crippen molar-refractivity contribution in [1.29, 1.82) is 0 Å². The van der Waals surface area contributed by atoms with Crippen LogP contribution >= 0.6 is 11.3 Å². The summed E-state index contributed by atoms with van der Waals surface area (Å²) in [5.74, 6) is -2.32. The average molecular weight is 467 g/mol. The Morgan fingerprint density at radius 1 is 1.10 bits per heavy atom. The van der Waals surface area contributed by atoms with Gasteiger partial charge in [-0.1, -0.05) is 6.07 Å². The van der Waals surface area contributed by atoms with Gasteiger partial charge in [-0.05, 0) is 42.5 Å². The summed E-state index contributed by atoms with van der Waals surface area (Å²) >= 11 is 1.13. The van der Waals surface area contributed by atoms with E-state index in [1.54, 1.807) is 11.4 Å². The minimum Gasteiger partial charge on any atom is -0.465 e. The summed E-state index contributed by atoms with van der Waals surface area (Å²) in [7, 11) is -1.24. The highest BCUT2D eigenvalue weighted by molar-refractivity contribution is 7.91. The Balaban J connectivity index is 1.79. The molecule has 1 saturated heterocycles. The lowest BCUT2D eigenvalue weighted by molar-refractivity contribution is -0.120. The molecule has 0 radical (unpaired) electrons. The molecule has 1 aliphatic heterocycles. The maximum Gasteiger partial charge on any atom is 0.337 e. The van der Waals surface area contributed by atoms with Crippen LogP contribution in [0, 0.1) is 5.92 Å². The summed E-state index contributed by atoms with van der Waals surface area (Å²) in [6.45, 7) is 0.390. The van der Waals surface area contributed by atoms with E-state index in [2.05, 4.69) is 5.32 Å². The Labute approximate surface area is 184 Å². The van der Waals surface area contributed by atoms with Crippen molar-refractivity contribution in [2.45, 2.75) is 17.1 Å². The van der Waals surface area contributed by atoms with Crippen LogP contribution < -0.4 is 5.32 Å². The van der Waals surface area contributed by atoms with Gasteiger partial charge in [0.25, 0.3) is 10.0 Å². The van der Waals surface area contributed by atoms with E-state index in [1.807, 2.05) is 0 Å². The summed E-state index contributed by atoms with van der Waals surface area (Å²) in [6, 6.07) is 7.29. The largest absolute Gasteiger partial charge is 0.465 e. The molecule has 2 heterocycles. The molecule has 0 bridgehead atoms. The van der Waals surface area contributed by atoms with E-state index in [0.29, 0.717) is 19.4 Å². The summed E-state index contributed by atoms with van der Waals surface area (Å²) in [4.78, 5) is 36.7. The van der Waals surface area contributed by atoms with Gasteiger partial charge in [-0.25, -0.2) is 18.0 Å². The highest BCUT2D eigenvalue weighted by Crippen LogP contribution is 2.27. The van der Waals surface area contributed by atoms with Crippen LogP contribution in [0.5, 0.6) is 0 Å². The fourth-order valence-electron chi connectivity index (χ4n) is 3.33. The number of benzene rings is 1. The Bertz CT molecular complexity index is 1050. The average Bonchev–Trinajstić information content (AvgIpc) is 3.33. The van der Waals surface area contributed by atoms with E-state index in [-0.39, 0.29) is 27.6 Å². The normalized spacial score (nSPS) is 17.0. The molecule has 1 fully saturated rings. The number of rotatable bonds is 6. The van der Waals surface area contributed by atoms with Gasteiger partial charge in [-0.2, -0.15) is 4.31 Å². The van der Waals surface area contributed by atoms with E-state index < -0.39 is 33.8 Å². The van der Waals surface area contributed by atoms with Crippen molar-refractivity contribution in [3.8, 4) is 0 Å². The van der Waals surface area contributed by atoms with E-state index in [9.17, 15) is 22.8 Å². The first-order valence-corrected chi connectivity index (χ1v) is 11.7. The van der Waals surface area contributed by atoms with E-state index in [1.165, 1.54) is 42.8 Å². The highest BCUT2D eigenvalue weighted by Gasteiger charge is 2.34. The molecule has 9 nitrogen and oxygen atoms in total. The second-order valence-electron chi connectivity index (χ2n) is 6.91. The van der Waals surface area contributed by atoms with Gasteiger partial charge >= 0.3 is 11.9 Å². The highest BCUT2D eigenvalue weighted by atomic mass is 32.2. The van der Waals surface area contributed by atoms with Crippen LogP contribution in [0.25, 0.3) is 0 Å². The second kappa shape index (κ2) is 9.58. The number of nitrogens with zero attached hydrogens (tertiary/aromatic N) is 1. The Kier molecular flexibility index (Phi) is 7.08. The summed E-state index contributed by atoms with van der Waals surface area (Å²) in [5.41, 5.74) is 0.365. The fourth-order valence-corrected chi connectivity index (χ4v) is 6.00. The molecule has 31 heavy (non-hydrogen) atoms. The first-order chi connectivity index (χ1) is 14.8. The van der Waals surface area contributed by atoms with Crippen LogP contribution in [-0.2, 0) is 24.3 Å². The van der Waals surface area contributed by atoms with Crippen LogP contribution in [-0.4, -0.2) is 57.9 Å². The quantitative estimate of drug-likeness (QED) is 0.649. The maximum atomic E-state index is 12.9. The van der Waals surface area contributed by atoms with Gasteiger partial charge in [0.2, 0.25) is 5.91 Å². The molecule has 1 aromatic carbocycles. The van der Waals surface area contributed by atoms with Crippen LogP contribution in [0.2, 0.25) is 0 Å². The van der Waals surface area contributed by atoms with Gasteiger partial charge in [0, 0.05) is 18.8 Å². The standard InChI is InChI=1S/C20H22N2O7S2/c1-28-19(24)14-9-15(20(25)29-2)11-16(10-14)21-18(23)13-5-3-7-22(12-13)31(26,27)17-6-4-8-30-17/h4,6,8-11,13H,3,5,7,12H2,1-2H3,(H,21,23)/t13-/m1/s1. The minimum atomic E-state index is -3.65. The molecule has 11 heteroatoms. The number of carbonyl (C=O) groups is 3. The fraction of sp³-hybridized carbons (Fsp3) is 0.350. The Morgan fingerprint density at radius 3 is 2.29 bits per heavy atom. The van der Waals surface area contributed by atoms with Gasteiger partial charge in [-0.15, -0.1) is 11.3 Å². The number of piperidine rings is 1. The molecule has 1 atom stereocenters. The number of methoxy groups -OCH3 is 2. The molecule has 1 N–H and O–H groups in total. The van der Waals surface area contributed by atoms with Gasteiger partial charge in [-0.3, -0.25) is 4.79 Å². The lowest BCUT2D eigenvalue weighted by Crippen LogP contribution is -2.43. The monoisotopic (exact) mass is 466 g/mol. The number of anilines is 1. The third-order valence-corrected chi connectivity index (χ3v) is 8.13. The van der Waals surface area contributed by atoms with E-state index >= 15 is 0 Å². The van der Waals surface area contributed by atoms with Crippen molar-refractivity contribution < 1.29 is 32.3 Å². The number of ether oxygens (including phenoxy) is 2. The number of hydrogen-bond donors (Lipinski definition) is 1. The van der Waals surface area contributed by atoms with Crippen molar-refractivity contribution >= 4 is 44.9 Å². The molecule has 166 valence electrons. The molecule has 3 rings (SSSR count). The smallest absolute Gasteiger partial charge is 0.337 e. The van der Waals surface area contributed by atoms with Gasteiger partial charge in [0.1, 0.15) is 4.21 Å². The zero-order chi connectivity index (χ0) is 22.6. The zero-order valence-electron chi connectivity index (χ0n) is 17.0. The lowest BCUT2D eigenvalue weighted by atomic mass is 9.98. The summed E-state index contributed by atoms with van der Waals surface area (Å²) in [6.07, 6.45) is 1.06. The SMILES string of the molecule is COC(=O)c1cc(NC(=O)[C@@H]2CCCN(S(=O)(=O)c3cccs3)C2)cc(C(=O)OC)c1. The number of carbonyl (C=O) groups excluding carboxylic acids is 3. The molecular weight excluding hydrogens is 444 g/mol. The van der Waals surface area contributed by atoms with E-state index in [0.717, 1.165) is 11.3 Å². The lowest BCUT2D eigenvalue weighted by Gasteiger charge is -2.30. The Morgan fingerprint density at radius 2 is 1.74 bits per heavy atom. The van der Waals surface area contributed by atoms with Crippen molar-refractivity contribution in [2.24, 2.45) is 5.92 Å². The van der Waals surface area contributed by atoms with Crippen LogP contribution in [0.4, 0.5) is 5.69 Å². The van der Waals surface area contributed by atoms with E-state index in [4.69, 9.17) is 9.47 Å². The van der Waals surface area contributed by atoms with Gasteiger partial charge < -0.3 is 14.8 Å². The molecule has 0 spiro atoms. The minimum absolute atomic E-state index is 0.0482. The summed E-state index contributed by atoms with van der Waals surface area (Å²) in [5, 5.41) is 4.37. The first kappa shape index (κ1) is 22.9. The predicted octanol–water partition coefficient (Wildman–Crippen LogP) is 2.36. The third-order valence-electron chi connectivity index (χ3n) is 4.89. The van der Waals surface area contributed by atoms with Crippen molar-refractivity contribution in [2.75, 3.05) is 32.6 Å². The van der Waals surface area contributed by atoms with Gasteiger partial charge in [0.05, 0.1) is 31.3 Å². The molecule has 0 unspecified atom stereocenters. The number of esters is 2. The van der Waals surface area contributed by atoms with Crippen LogP contribution in [0.3, 0.4) is 0 Å². The number of hydrogen-bond acceptors (Lipinski definition) is 8. The number of nitrogens with one attached hydrogen (secondary N) is 1. The van der Waals surface area contributed by atoms with Crippen molar-refractivity contribution in [3.63, 3.8) is 0 Å². The third kappa shape index (κ3) is 5.12. The summed E-state index contributed by atoms with van der Waals surface area (Å²) < 4.78 is 36.5. The van der Waals surface area contributed by atoms with Crippen molar-refractivity contribution in [3.05, 3.63) is 46.8 Å². The van der Waals surface area contributed by atoms with Crippen LogP contribution in [0.1, 0.15) is 33.6 Å². The molecular formula is C20H22N2O7S2. The van der Waals surface area contributed by atoms with Gasteiger partial charge in [0.15, 0.2) is 0 Å².